The zero-order valence-corrected chi connectivity index (χ0v) is 12.1. The van der Waals surface area contributed by atoms with E-state index >= 15 is 0 Å². The zero-order chi connectivity index (χ0) is 13.3. The summed E-state index contributed by atoms with van der Waals surface area (Å²) in [6.45, 7) is 3.60. The summed E-state index contributed by atoms with van der Waals surface area (Å²) in [5.41, 5.74) is 1.51. The molecule has 0 unspecified atom stereocenters. The van der Waals surface area contributed by atoms with E-state index in [0.717, 1.165) is 21.4 Å². The summed E-state index contributed by atoms with van der Waals surface area (Å²) in [5.74, 6) is -0.340. The Balaban J connectivity index is 2.26. The molecular weight excluding hydrogens is 318 g/mol. The molecule has 0 saturated carbocycles. The fraction of sp³-hybridized carbons (Fsp3) is 0.167. The number of ether oxygens (including phenoxy) is 1. The quantitative estimate of drug-likeness (QED) is 0.925. The molecule has 1 N–H and O–H groups in total. The van der Waals surface area contributed by atoms with Gasteiger partial charge in [0, 0.05) is 4.47 Å². The third-order valence-electron chi connectivity index (χ3n) is 2.31. The number of rotatable bonds is 3. The lowest BCUT2D eigenvalue weighted by Gasteiger charge is -2.03. The molecule has 1 heterocycles. The van der Waals surface area contributed by atoms with Crippen LogP contribution in [0.1, 0.15) is 20.9 Å². The number of halogens is 1. The Kier molecular flexibility index (Phi) is 3.68. The van der Waals surface area contributed by atoms with E-state index in [0.29, 0.717) is 16.6 Å². The van der Waals surface area contributed by atoms with Gasteiger partial charge in [-0.3, -0.25) is 0 Å². The molecule has 94 valence electrons. The van der Waals surface area contributed by atoms with Crippen molar-refractivity contribution in [2.24, 2.45) is 0 Å². The van der Waals surface area contributed by atoms with E-state index in [2.05, 4.69) is 20.9 Å². The molecule has 1 aromatic carbocycles. The number of aromatic nitrogens is 1. The van der Waals surface area contributed by atoms with Crippen molar-refractivity contribution in [1.82, 2.24) is 4.98 Å². The first kappa shape index (κ1) is 13.0. The van der Waals surface area contributed by atoms with Crippen molar-refractivity contribution in [2.45, 2.75) is 13.8 Å². The van der Waals surface area contributed by atoms with Gasteiger partial charge in [-0.25, -0.2) is 9.78 Å². The van der Waals surface area contributed by atoms with Crippen LogP contribution < -0.4 is 4.74 Å². The van der Waals surface area contributed by atoms with Crippen molar-refractivity contribution in [2.75, 3.05) is 0 Å². The summed E-state index contributed by atoms with van der Waals surface area (Å²) in [4.78, 5) is 15.2. The van der Waals surface area contributed by atoms with E-state index in [1.54, 1.807) is 13.0 Å². The van der Waals surface area contributed by atoms with E-state index < -0.39 is 5.97 Å². The van der Waals surface area contributed by atoms with Crippen molar-refractivity contribution in [3.8, 4) is 10.9 Å². The number of benzene rings is 1. The summed E-state index contributed by atoms with van der Waals surface area (Å²) in [7, 11) is 0. The van der Waals surface area contributed by atoms with Crippen LogP contribution >= 0.6 is 27.3 Å². The minimum absolute atomic E-state index is 0.207. The fourth-order valence-corrected chi connectivity index (χ4v) is 2.42. The molecule has 0 spiro atoms. The van der Waals surface area contributed by atoms with Crippen LogP contribution in [0.2, 0.25) is 0 Å². The summed E-state index contributed by atoms with van der Waals surface area (Å²) in [6, 6.07) is 5.54. The topological polar surface area (TPSA) is 59.4 Å². The summed E-state index contributed by atoms with van der Waals surface area (Å²) in [5, 5.41) is 9.27. The van der Waals surface area contributed by atoms with Gasteiger partial charge in [-0.15, -0.1) is 0 Å². The predicted molar refractivity (Wildman–Crippen MR) is 72.8 cm³/mol. The molecule has 0 atom stereocenters. The number of carboxylic acid groups (broad SMARTS) is 1. The molecule has 0 aliphatic heterocycles. The van der Waals surface area contributed by atoms with Crippen LogP contribution in [-0.2, 0) is 0 Å². The van der Waals surface area contributed by atoms with Crippen LogP contribution in [0.3, 0.4) is 0 Å². The van der Waals surface area contributed by atoms with Crippen molar-refractivity contribution >= 4 is 33.2 Å². The van der Waals surface area contributed by atoms with Gasteiger partial charge >= 0.3 is 5.97 Å². The maximum Gasteiger partial charge on any atom is 0.347 e. The van der Waals surface area contributed by atoms with Gasteiger partial charge in [-0.2, -0.15) is 0 Å². The highest BCUT2D eigenvalue weighted by molar-refractivity contribution is 9.10. The summed E-state index contributed by atoms with van der Waals surface area (Å²) < 4.78 is 6.55. The van der Waals surface area contributed by atoms with Crippen LogP contribution in [0.5, 0.6) is 10.9 Å². The number of carbonyl (C=O) groups is 1. The molecule has 0 aliphatic carbocycles. The fourth-order valence-electron chi connectivity index (χ4n) is 1.40. The normalized spacial score (nSPS) is 10.4. The van der Waals surface area contributed by atoms with Crippen molar-refractivity contribution < 1.29 is 14.6 Å². The number of nitrogens with zero attached hydrogens (tertiary/aromatic N) is 1. The van der Waals surface area contributed by atoms with Gasteiger partial charge in [-0.05, 0) is 37.6 Å². The molecule has 0 saturated heterocycles. The Morgan fingerprint density at radius 3 is 2.72 bits per heavy atom. The van der Waals surface area contributed by atoms with Gasteiger partial charge < -0.3 is 9.84 Å². The Labute approximate surface area is 116 Å². The molecule has 2 rings (SSSR count). The zero-order valence-electron chi connectivity index (χ0n) is 9.73. The van der Waals surface area contributed by atoms with Gasteiger partial charge in [0.15, 0.2) is 0 Å². The van der Waals surface area contributed by atoms with Crippen LogP contribution in [0.4, 0.5) is 0 Å². The maximum atomic E-state index is 10.9. The van der Waals surface area contributed by atoms with Gasteiger partial charge in [-0.1, -0.05) is 27.3 Å². The van der Waals surface area contributed by atoms with E-state index in [1.807, 2.05) is 19.1 Å². The average Bonchev–Trinajstić information content (AvgIpc) is 2.65. The lowest BCUT2D eigenvalue weighted by Crippen LogP contribution is -1.94. The first-order chi connectivity index (χ1) is 8.47. The van der Waals surface area contributed by atoms with Crippen LogP contribution in [0, 0.1) is 13.8 Å². The highest BCUT2D eigenvalue weighted by Crippen LogP contribution is 2.30. The number of aryl methyl sites for hydroxylation is 2. The Morgan fingerprint density at radius 1 is 1.44 bits per heavy atom. The molecule has 0 amide bonds. The first-order valence-corrected chi connectivity index (χ1v) is 6.73. The van der Waals surface area contributed by atoms with Gasteiger partial charge in [0.1, 0.15) is 10.6 Å². The largest absolute Gasteiger partial charge is 0.477 e. The van der Waals surface area contributed by atoms with Crippen molar-refractivity contribution in [3.63, 3.8) is 0 Å². The van der Waals surface area contributed by atoms with E-state index in [9.17, 15) is 4.79 Å². The Hall–Kier alpha value is -1.40. The number of hydrogen-bond acceptors (Lipinski definition) is 4. The monoisotopic (exact) mass is 327 g/mol. The number of carboxylic acids is 1. The molecule has 0 aliphatic rings. The van der Waals surface area contributed by atoms with Crippen molar-refractivity contribution in [1.29, 1.82) is 0 Å². The second kappa shape index (κ2) is 5.07. The van der Waals surface area contributed by atoms with E-state index in [-0.39, 0.29) is 4.88 Å². The molecule has 4 nitrogen and oxygen atoms in total. The molecule has 1 aromatic heterocycles. The highest BCUT2D eigenvalue weighted by atomic mass is 79.9. The molecule has 2 aromatic rings. The minimum Gasteiger partial charge on any atom is -0.477 e. The Morgan fingerprint density at radius 2 is 2.17 bits per heavy atom. The van der Waals surface area contributed by atoms with Gasteiger partial charge in [0.05, 0.1) is 5.69 Å². The van der Waals surface area contributed by atoms with Gasteiger partial charge in [0.25, 0.3) is 5.19 Å². The van der Waals surface area contributed by atoms with Crippen LogP contribution in [0.15, 0.2) is 22.7 Å². The molecule has 0 radical (unpaired) electrons. The second-order valence-electron chi connectivity index (χ2n) is 3.71. The molecule has 18 heavy (non-hydrogen) atoms. The van der Waals surface area contributed by atoms with E-state index in [4.69, 9.17) is 9.84 Å². The lowest BCUT2D eigenvalue weighted by atomic mass is 10.2. The van der Waals surface area contributed by atoms with Crippen LogP contribution in [0.25, 0.3) is 0 Å². The van der Waals surface area contributed by atoms with Crippen LogP contribution in [-0.4, -0.2) is 16.1 Å². The third kappa shape index (κ3) is 2.70. The summed E-state index contributed by atoms with van der Waals surface area (Å²) in [6.07, 6.45) is 0. The number of thiazole rings is 1. The minimum atomic E-state index is -0.980. The smallest absolute Gasteiger partial charge is 0.347 e. The third-order valence-corrected chi connectivity index (χ3v) is 4.22. The predicted octanol–water partition coefficient (Wildman–Crippen LogP) is 4.01. The second-order valence-corrected chi connectivity index (χ2v) is 5.53. The molecule has 0 fully saturated rings. The first-order valence-electron chi connectivity index (χ1n) is 5.12. The Bertz CT molecular complexity index is 609. The summed E-state index contributed by atoms with van der Waals surface area (Å²) >= 11 is 4.43. The molecule has 6 heteroatoms. The average molecular weight is 328 g/mol. The molecule has 0 bridgehead atoms. The number of hydrogen-bond donors (Lipinski definition) is 1. The molecular formula is C12H10BrNO3S. The number of aromatic carboxylic acids is 1. The lowest BCUT2D eigenvalue weighted by molar-refractivity contribution is 0.0701. The standard InChI is InChI=1S/C12H10BrNO3S/c1-6-5-8(3-4-9(6)13)17-12-14-7(2)10(18-12)11(15)16/h3-5H,1-2H3,(H,15,16). The highest BCUT2D eigenvalue weighted by Gasteiger charge is 2.15. The van der Waals surface area contributed by atoms with E-state index in [1.165, 1.54) is 0 Å². The SMILES string of the molecule is Cc1cc(Oc2nc(C)c(C(=O)O)s2)ccc1Br. The van der Waals surface area contributed by atoms with Gasteiger partial charge in [0.2, 0.25) is 0 Å². The maximum absolute atomic E-state index is 10.9. The van der Waals surface area contributed by atoms with Crippen molar-refractivity contribution in [3.05, 3.63) is 38.8 Å².